The lowest BCUT2D eigenvalue weighted by Crippen LogP contribution is -1.98. The van der Waals surface area contributed by atoms with Crippen LogP contribution < -0.4 is 0 Å². The van der Waals surface area contributed by atoms with Crippen molar-refractivity contribution in [3.8, 4) is 0 Å². The summed E-state index contributed by atoms with van der Waals surface area (Å²) >= 11 is 6.69. The summed E-state index contributed by atoms with van der Waals surface area (Å²) in [6, 6.07) is 9.25. The molecule has 2 aromatic rings. The van der Waals surface area contributed by atoms with Gasteiger partial charge >= 0.3 is 0 Å². The van der Waals surface area contributed by atoms with E-state index in [1.165, 1.54) is 47.8 Å². The van der Waals surface area contributed by atoms with Gasteiger partial charge in [0.2, 0.25) is 0 Å². The summed E-state index contributed by atoms with van der Waals surface area (Å²) in [5, 5.41) is 3.24. The Kier molecular flexibility index (Phi) is 2.63. The Hall–Kier alpha value is -1.01. The van der Waals surface area contributed by atoms with E-state index in [-0.39, 0.29) is 5.38 Å². The van der Waals surface area contributed by atoms with E-state index in [0.717, 1.165) is 12.3 Å². The highest BCUT2D eigenvalue weighted by Gasteiger charge is 2.25. The monoisotopic (exact) mass is 270 g/mol. The molecule has 2 aliphatic rings. The van der Waals surface area contributed by atoms with Gasteiger partial charge in [0, 0.05) is 0 Å². The van der Waals surface area contributed by atoms with E-state index in [9.17, 15) is 0 Å². The van der Waals surface area contributed by atoms with Crippen molar-refractivity contribution >= 4 is 22.4 Å². The van der Waals surface area contributed by atoms with Crippen molar-refractivity contribution in [1.82, 2.24) is 0 Å². The van der Waals surface area contributed by atoms with E-state index in [2.05, 4.69) is 31.2 Å². The third kappa shape index (κ3) is 1.73. The van der Waals surface area contributed by atoms with Crippen LogP contribution in [0.15, 0.2) is 24.3 Å². The van der Waals surface area contributed by atoms with Gasteiger partial charge in [0.25, 0.3) is 0 Å². The zero-order valence-corrected chi connectivity index (χ0v) is 12.1. The van der Waals surface area contributed by atoms with Crippen molar-refractivity contribution in [2.45, 2.75) is 44.4 Å². The minimum absolute atomic E-state index is 0.206. The number of halogens is 1. The summed E-state index contributed by atoms with van der Waals surface area (Å²) in [6.07, 6.45) is 6.00. The van der Waals surface area contributed by atoms with Gasteiger partial charge in [-0.3, -0.25) is 0 Å². The Labute approximate surface area is 119 Å². The molecule has 4 rings (SSSR count). The molecule has 0 fully saturated rings. The summed E-state index contributed by atoms with van der Waals surface area (Å²) in [6.45, 7) is 2.33. The van der Waals surface area contributed by atoms with Crippen molar-refractivity contribution in [3.63, 3.8) is 0 Å². The first-order valence-electron chi connectivity index (χ1n) is 7.44. The largest absolute Gasteiger partial charge is 0.118 e. The van der Waals surface area contributed by atoms with Gasteiger partial charge in [0.1, 0.15) is 0 Å². The Morgan fingerprint density at radius 2 is 1.95 bits per heavy atom. The zero-order valence-electron chi connectivity index (χ0n) is 11.4. The molecule has 0 bridgehead atoms. The van der Waals surface area contributed by atoms with Crippen LogP contribution in [0.5, 0.6) is 0 Å². The molecule has 0 nitrogen and oxygen atoms in total. The summed E-state index contributed by atoms with van der Waals surface area (Å²) in [5.74, 6) is 0.736. The highest BCUT2D eigenvalue weighted by molar-refractivity contribution is 6.21. The van der Waals surface area contributed by atoms with Crippen molar-refractivity contribution in [2.24, 2.45) is 5.92 Å². The molecule has 0 radical (unpaired) electrons. The molecule has 98 valence electrons. The summed E-state index contributed by atoms with van der Waals surface area (Å²) in [4.78, 5) is 0. The molecular formula is C18H19Cl. The summed E-state index contributed by atoms with van der Waals surface area (Å²) in [5.41, 5.74) is 6.03. The van der Waals surface area contributed by atoms with Crippen LogP contribution in [-0.4, -0.2) is 0 Å². The molecule has 0 aromatic heterocycles. The molecule has 0 amide bonds. The van der Waals surface area contributed by atoms with E-state index >= 15 is 0 Å². The maximum Gasteiger partial charge on any atom is 0.0590 e. The molecule has 0 saturated heterocycles. The second kappa shape index (κ2) is 4.24. The third-order valence-electron chi connectivity index (χ3n) is 4.97. The molecule has 0 heterocycles. The van der Waals surface area contributed by atoms with Crippen molar-refractivity contribution in [3.05, 3.63) is 46.5 Å². The van der Waals surface area contributed by atoms with Gasteiger partial charge in [-0.15, -0.1) is 11.6 Å². The standard InChI is InChI=1S/C18H19Cl/c1-11-5-8-14-15-4-2-3-12-6-7-13(18(12)15)10-16(14)17(19)9-11/h2-4,10-11,17H,5-9H2,1H3. The van der Waals surface area contributed by atoms with Gasteiger partial charge in [-0.05, 0) is 71.0 Å². The quantitative estimate of drug-likeness (QED) is 0.456. The molecule has 2 atom stereocenters. The van der Waals surface area contributed by atoms with Crippen LogP contribution in [0.25, 0.3) is 10.8 Å². The van der Waals surface area contributed by atoms with E-state index in [1.807, 2.05) is 0 Å². The van der Waals surface area contributed by atoms with Gasteiger partial charge in [0.15, 0.2) is 0 Å². The van der Waals surface area contributed by atoms with Crippen LogP contribution >= 0.6 is 11.6 Å². The predicted molar refractivity (Wildman–Crippen MR) is 82.1 cm³/mol. The van der Waals surface area contributed by atoms with Gasteiger partial charge in [-0.2, -0.15) is 0 Å². The molecule has 0 N–H and O–H groups in total. The first-order chi connectivity index (χ1) is 9.24. The molecule has 0 saturated carbocycles. The molecule has 2 aliphatic carbocycles. The second-order valence-electron chi connectivity index (χ2n) is 6.29. The number of fused-ring (bicyclic) bond motifs is 2. The number of alkyl halides is 1. The van der Waals surface area contributed by atoms with Crippen molar-refractivity contribution in [2.75, 3.05) is 0 Å². The summed E-state index contributed by atoms with van der Waals surface area (Å²) in [7, 11) is 0. The number of aryl methyl sites for hydroxylation is 3. The molecule has 2 aromatic carbocycles. The molecule has 0 spiro atoms. The maximum atomic E-state index is 6.69. The fraction of sp³-hybridized carbons (Fsp3) is 0.444. The first-order valence-corrected chi connectivity index (χ1v) is 7.88. The maximum absolute atomic E-state index is 6.69. The zero-order chi connectivity index (χ0) is 13.0. The SMILES string of the molecule is CC1CCc2c(cc3c4c(cccc24)CC3)C(Cl)C1. The van der Waals surface area contributed by atoms with Crippen LogP contribution in [0, 0.1) is 5.92 Å². The normalized spacial score (nSPS) is 25.4. The van der Waals surface area contributed by atoms with Crippen molar-refractivity contribution in [1.29, 1.82) is 0 Å². The fourth-order valence-corrected chi connectivity index (χ4v) is 4.45. The minimum atomic E-state index is 0.206. The lowest BCUT2D eigenvalue weighted by Gasteiger charge is -2.16. The van der Waals surface area contributed by atoms with Crippen LogP contribution in [0.4, 0.5) is 0 Å². The van der Waals surface area contributed by atoms with Gasteiger partial charge in [-0.25, -0.2) is 0 Å². The minimum Gasteiger partial charge on any atom is -0.118 e. The molecule has 1 heteroatoms. The first kappa shape index (κ1) is 11.8. The van der Waals surface area contributed by atoms with E-state index in [1.54, 1.807) is 10.9 Å². The number of rotatable bonds is 0. The Balaban J connectivity index is 2.03. The molecule has 0 aliphatic heterocycles. The predicted octanol–water partition coefficient (Wildman–Crippen LogP) is 5.19. The Bertz CT molecular complexity index is 656. The number of benzene rings is 2. The molecule has 19 heavy (non-hydrogen) atoms. The highest BCUT2D eigenvalue weighted by Crippen LogP contribution is 2.43. The number of hydrogen-bond donors (Lipinski definition) is 0. The molecule has 2 unspecified atom stereocenters. The topological polar surface area (TPSA) is 0 Å². The van der Waals surface area contributed by atoms with Gasteiger partial charge < -0.3 is 0 Å². The van der Waals surface area contributed by atoms with Crippen LogP contribution in [0.3, 0.4) is 0 Å². The van der Waals surface area contributed by atoms with Crippen LogP contribution in [-0.2, 0) is 19.3 Å². The smallest absolute Gasteiger partial charge is 0.0590 e. The van der Waals surface area contributed by atoms with E-state index < -0.39 is 0 Å². The average molecular weight is 271 g/mol. The lowest BCUT2D eigenvalue weighted by atomic mass is 9.92. The molecular weight excluding hydrogens is 252 g/mol. The second-order valence-corrected chi connectivity index (χ2v) is 6.82. The lowest BCUT2D eigenvalue weighted by molar-refractivity contribution is 0.503. The van der Waals surface area contributed by atoms with Crippen LogP contribution in [0.2, 0.25) is 0 Å². The average Bonchev–Trinajstić information content (AvgIpc) is 2.75. The van der Waals surface area contributed by atoms with Crippen LogP contribution in [0.1, 0.15) is 47.4 Å². The van der Waals surface area contributed by atoms with Crippen molar-refractivity contribution < 1.29 is 0 Å². The van der Waals surface area contributed by atoms with Gasteiger partial charge in [0.05, 0.1) is 5.38 Å². The highest BCUT2D eigenvalue weighted by atomic mass is 35.5. The fourth-order valence-electron chi connectivity index (χ4n) is 3.96. The Morgan fingerprint density at radius 3 is 2.84 bits per heavy atom. The van der Waals surface area contributed by atoms with E-state index in [0.29, 0.717) is 0 Å². The summed E-state index contributed by atoms with van der Waals surface area (Å²) < 4.78 is 0. The third-order valence-corrected chi connectivity index (χ3v) is 5.39. The van der Waals surface area contributed by atoms with Gasteiger partial charge in [-0.1, -0.05) is 31.2 Å². The Morgan fingerprint density at radius 1 is 1.11 bits per heavy atom. The van der Waals surface area contributed by atoms with E-state index in [4.69, 9.17) is 11.6 Å². The number of hydrogen-bond acceptors (Lipinski definition) is 0.